The Balaban J connectivity index is 1.62. The summed E-state index contributed by atoms with van der Waals surface area (Å²) in [7, 11) is 0. The molecule has 0 spiro atoms. The highest BCUT2D eigenvalue weighted by Gasteiger charge is 2.25. The van der Waals surface area contributed by atoms with Gasteiger partial charge < -0.3 is 14.8 Å². The first-order valence-corrected chi connectivity index (χ1v) is 10.1. The summed E-state index contributed by atoms with van der Waals surface area (Å²) in [6.45, 7) is 11.1. The van der Waals surface area contributed by atoms with Crippen molar-refractivity contribution >= 4 is 11.7 Å². The number of amides is 2. The van der Waals surface area contributed by atoms with Crippen LogP contribution < -0.4 is 5.32 Å². The van der Waals surface area contributed by atoms with Gasteiger partial charge in [0.05, 0.1) is 0 Å². The van der Waals surface area contributed by atoms with Crippen molar-refractivity contribution in [1.82, 2.24) is 14.5 Å². The molecule has 1 aliphatic rings. The number of aryl methyl sites for hydroxylation is 3. The minimum absolute atomic E-state index is 0.0102. The summed E-state index contributed by atoms with van der Waals surface area (Å²) in [5.74, 6) is 1.64. The molecule has 1 unspecified atom stereocenters. The minimum Gasteiger partial charge on any atom is -0.332 e. The van der Waals surface area contributed by atoms with E-state index in [0.717, 1.165) is 56.8 Å². The number of likely N-dealkylation sites (tertiary alicyclic amines) is 1. The van der Waals surface area contributed by atoms with Crippen LogP contribution in [0.1, 0.15) is 48.8 Å². The quantitative estimate of drug-likeness (QED) is 0.831. The number of aromatic nitrogens is 2. The van der Waals surface area contributed by atoms with Gasteiger partial charge in [-0.2, -0.15) is 0 Å². The van der Waals surface area contributed by atoms with Crippen LogP contribution in [-0.2, 0) is 13.0 Å². The zero-order valence-electron chi connectivity index (χ0n) is 17.1. The van der Waals surface area contributed by atoms with E-state index < -0.39 is 0 Å². The molecule has 2 aromatic rings. The Morgan fingerprint density at radius 3 is 2.81 bits per heavy atom. The Morgan fingerprint density at radius 1 is 1.26 bits per heavy atom. The maximum Gasteiger partial charge on any atom is 0.321 e. The number of hydrogen-bond acceptors (Lipinski definition) is 2. The van der Waals surface area contributed by atoms with Crippen molar-refractivity contribution in [3.05, 3.63) is 47.0 Å². The highest BCUT2D eigenvalue weighted by atomic mass is 16.2. The largest absolute Gasteiger partial charge is 0.332 e. The van der Waals surface area contributed by atoms with Gasteiger partial charge in [0, 0.05) is 43.6 Å². The van der Waals surface area contributed by atoms with Crippen LogP contribution in [0, 0.1) is 26.7 Å². The average Bonchev–Trinajstić information content (AvgIpc) is 2.99. The molecule has 1 aromatic heterocycles. The van der Waals surface area contributed by atoms with Gasteiger partial charge in [-0.05, 0) is 69.2 Å². The third-order valence-corrected chi connectivity index (χ3v) is 5.62. The molecule has 5 nitrogen and oxygen atoms in total. The van der Waals surface area contributed by atoms with E-state index in [1.165, 1.54) is 16.8 Å². The van der Waals surface area contributed by atoms with Crippen molar-refractivity contribution in [1.29, 1.82) is 0 Å². The van der Waals surface area contributed by atoms with Crippen LogP contribution >= 0.6 is 0 Å². The van der Waals surface area contributed by atoms with Crippen LogP contribution in [0.2, 0.25) is 0 Å². The third kappa shape index (κ3) is 4.71. The second kappa shape index (κ2) is 8.59. The average molecular weight is 369 g/mol. The van der Waals surface area contributed by atoms with Crippen LogP contribution in [0.25, 0.3) is 0 Å². The summed E-state index contributed by atoms with van der Waals surface area (Å²) in [5, 5.41) is 3.07. The van der Waals surface area contributed by atoms with Gasteiger partial charge in [0.25, 0.3) is 0 Å². The number of hydrogen-bond donors (Lipinski definition) is 1. The van der Waals surface area contributed by atoms with E-state index >= 15 is 0 Å². The Bertz CT molecular complexity index is 796. The fourth-order valence-electron chi connectivity index (χ4n) is 3.90. The SMILES string of the molecule is CCCn1c(C)cnc1CC1CCCN(C(=O)Nc2ccc(C)c(C)c2)C1. The summed E-state index contributed by atoms with van der Waals surface area (Å²) in [6.07, 6.45) is 6.24. The number of nitrogens with one attached hydrogen (secondary N) is 1. The Hall–Kier alpha value is -2.30. The van der Waals surface area contributed by atoms with Gasteiger partial charge in [-0.3, -0.25) is 0 Å². The number of carbonyl (C=O) groups is 1. The molecule has 0 aliphatic carbocycles. The molecule has 146 valence electrons. The third-order valence-electron chi connectivity index (χ3n) is 5.62. The predicted octanol–water partition coefficient (Wildman–Crippen LogP) is 4.70. The number of piperidine rings is 1. The van der Waals surface area contributed by atoms with E-state index in [9.17, 15) is 4.79 Å². The topological polar surface area (TPSA) is 50.2 Å². The van der Waals surface area contributed by atoms with Crippen molar-refractivity contribution in [2.45, 2.75) is 59.9 Å². The van der Waals surface area contributed by atoms with E-state index in [-0.39, 0.29) is 6.03 Å². The second-order valence-electron chi connectivity index (χ2n) is 7.86. The zero-order valence-corrected chi connectivity index (χ0v) is 17.1. The molecule has 1 aromatic carbocycles. The lowest BCUT2D eigenvalue weighted by Crippen LogP contribution is -2.43. The van der Waals surface area contributed by atoms with Gasteiger partial charge in [0.15, 0.2) is 0 Å². The Labute approximate surface area is 162 Å². The van der Waals surface area contributed by atoms with E-state index in [2.05, 4.69) is 48.6 Å². The minimum atomic E-state index is 0.0102. The first-order valence-electron chi connectivity index (χ1n) is 10.1. The summed E-state index contributed by atoms with van der Waals surface area (Å²) in [5.41, 5.74) is 4.54. The maximum atomic E-state index is 12.7. The molecule has 3 rings (SSSR count). The summed E-state index contributed by atoms with van der Waals surface area (Å²) >= 11 is 0. The monoisotopic (exact) mass is 368 g/mol. The van der Waals surface area contributed by atoms with Crippen LogP contribution in [0.3, 0.4) is 0 Å². The van der Waals surface area contributed by atoms with Crippen LogP contribution in [0.15, 0.2) is 24.4 Å². The lowest BCUT2D eigenvalue weighted by Gasteiger charge is -2.33. The van der Waals surface area contributed by atoms with Gasteiger partial charge in [-0.15, -0.1) is 0 Å². The first-order chi connectivity index (χ1) is 13.0. The molecule has 0 radical (unpaired) electrons. The van der Waals surface area contributed by atoms with Crippen LogP contribution in [0.5, 0.6) is 0 Å². The van der Waals surface area contributed by atoms with Gasteiger partial charge in [0.2, 0.25) is 0 Å². The first kappa shape index (κ1) is 19.5. The smallest absolute Gasteiger partial charge is 0.321 e. The zero-order chi connectivity index (χ0) is 19.4. The molecule has 1 atom stereocenters. The molecule has 5 heteroatoms. The van der Waals surface area contributed by atoms with E-state index in [0.29, 0.717) is 5.92 Å². The molecule has 2 amide bonds. The summed E-state index contributed by atoms with van der Waals surface area (Å²) in [6, 6.07) is 6.08. The number of rotatable bonds is 5. The van der Waals surface area contributed by atoms with E-state index in [1.54, 1.807) is 0 Å². The second-order valence-corrected chi connectivity index (χ2v) is 7.86. The number of nitrogens with zero attached hydrogens (tertiary/aromatic N) is 3. The summed E-state index contributed by atoms with van der Waals surface area (Å²) < 4.78 is 2.33. The molecule has 2 heterocycles. The molecule has 1 N–H and O–H groups in total. The van der Waals surface area contributed by atoms with Gasteiger partial charge in [-0.1, -0.05) is 13.0 Å². The van der Waals surface area contributed by atoms with Gasteiger partial charge >= 0.3 is 6.03 Å². The molecule has 1 fully saturated rings. The lowest BCUT2D eigenvalue weighted by molar-refractivity contribution is 0.176. The van der Waals surface area contributed by atoms with Crippen molar-refractivity contribution < 1.29 is 4.79 Å². The Kier molecular flexibility index (Phi) is 6.19. The Morgan fingerprint density at radius 2 is 2.07 bits per heavy atom. The number of anilines is 1. The number of urea groups is 1. The van der Waals surface area contributed by atoms with Crippen LogP contribution in [0.4, 0.5) is 10.5 Å². The summed E-state index contributed by atoms with van der Waals surface area (Å²) in [4.78, 5) is 19.3. The van der Waals surface area contributed by atoms with Crippen molar-refractivity contribution in [3.8, 4) is 0 Å². The van der Waals surface area contributed by atoms with Crippen molar-refractivity contribution in [2.24, 2.45) is 5.92 Å². The molecule has 1 saturated heterocycles. The fourth-order valence-corrected chi connectivity index (χ4v) is 3.90. The van der Waals surface area contributed by atoms with Gasteiger partial charge in [0.1, 0.15) is 5.82 Å². The number of carbonyl (C=O) groups excluding carboxylic acids is 1. The molecule has 27 heavy (non-hydrogen) atoms. The normalized spacial score (nSPS) is 17.2. The maximum absolute atomic E-state index is 12.7. The lowest BCUT2D eigenvalue weighted by atomic mass is 9.94. The number of imidazole rings is 1. The highest BCUT2D eigenvalue weighted by Crippen LogP contribution is 2.22. The standard InChI is InChI=1S/C22H32N4O/c1-5-10-26-18(4)14-23-21(26)13-19-7-6-11-25(15-19)22(27)24-20-9-8-16(2)17(3)12-20/h8-9,12,14,19H,5-7,10-11,13,15H2,1-4H3,(H,24,27). The van der Waals surface area contributed by atoms with Crippen molar-refractivity contribution in [2.75, 3.05) is 18.4 Å². The molecular formula is C22H32N4O. The van der Waals surface area contributed by atoms with Gasteiger partial charge in [-0.25, -0.2) is 9.78 Å². The van der Waals surface area contributed by atoms with E-state index in [4.69, 9.17) is 0 Å². The number of benzene rings is 1. The van der Waals surface area contributed by atoms with E-state index in [1.807, 2.05) is 23.2 Å². The molecule has 0 saturated carbocycles. The predicted molar refractivity (Wildman–Crippen MR) is 110 cm³/mol. The molecule has 1 aliphatic heterocycles. The van der Waals surface area contributed by atoms with Crippen molar-refractivity contribution in [3.63, 3.8) is 0 Å². The highest BCUT2D eigenvalue weighted by molar-refractivity contribution is 5.89. The molecular weight excluding hydrogens is 336 g/mol. The van der Waals surface area contributed by atoms with Crippen LogP contribution in [-0.4, -0.2) is 33.6 Å². The fraction of sp³-hybridized carbons (Fsp3) is 0.545. The molecule has 0 bridgehead atoms.